The average Bonchev–Trinajstić information content (AvgIpc) is 3.56. The third-order valence-corrected chi connectivity index (χ3v) is 10.6. The van der Waals surface area contributed by atoms with Crippen molar-refractivity contribution in [2.24, 2.45) is 23.7 Å². The zero-order valence-electron chi connectivity index (χ0n) is 24.9. The number of carboxylic acid groups (broad SMARTS) is 1. The topological polar surface area (TPSA) is 161 Å². The number of nitrogens with one attached hydrogen (secondary N) is 2. The van der Waals surface area contributed by atoms with Crippen LogP contribution in [-0.4, -0.2) is 124 Å². The fraction of sp³-hybridized carbons (Fsp3) is 0.867. The predicted molar refractivity (Wildman–Crippen MR) is 160 cm³/mol. The fourth-order valence-corrected chi connectivity index (χ4v) is 8.48. The van der Waals surface area contributed by atoms with Crippen molar-refractivity contribution in [2.45, 2.75) is 100 Å². The monoisotopic (exact) mass is 613 g/mol. The van der Waals surface area contributed by atoms with Crippen molar-refractivity contribution in [3.8, 4) is 0 Å². The molecule has 42 heavy (non-hydrogen) atoms. The first kappa shape index (κ1) is 33.6. The minimum Gasteiger partial charge on any atom is -0.483 e. The number of ether oxygens (including phenoxy) is 2. The Balaban J connectivity index is 0.00000129. The molecule has 0 aromatic carbocycles. The second-order valence-electron chi connectivity index (χ2n) is 12.9. The standard InChI is InChI=1S/C29H49N3O6S.CH2O2/c1-17(2)12-18-8-11-37-26-20(13-18)14-30-22(26)28(36)31-21-7-5-6-19(15-32-9-3-4-10-32)16-39-29-25(35)23(33)24(34)27(21)38-29;2-1-3/h5-6,17-27,29-30,33-35H,3-4,7-16H2,1-2H3,(H,31,36);1H,(H,2,3)/t18-,19-,20-,21+,22-,23-,24+,25+,26+,27+,29+;/m0./s1. The van der Waals surface area contributed by atoms with Gasteiger partial charge in [0, 0.05) is 25.4 Å². The highest BCUT2D eigenvalue weighted by Gasteiger charge is 2.49. The number of rotatable bonds is 6. The Morgan fingerprint density at radius 2 is 1.90 bits per heavy atom. The van der Waals surface area contributed by atoms with Crippen LogP contribution >= 0.6 is 11.8 Å². The third-order valence-electron chi connectivity index (χ3n) is 9.25. The number of carbonyl (C=O) groups excluding carboxylic acids is 1. The van der Waals surface area contributed by atoms with Crippen LogP contribution in [0.1, 0.15) is 52.4 Å². The fourth-order valence-electron chi connectivity index (χ4n) is 7.27. The van der Waals surface area contributed by atoms with Gasteiger partial charge >= 0.3 is 0 Å². The Labute approximate surface area is 253 Å². The van der Waals surface area contributed by atoms with Crippen LogP contribution in [0.25, 0.3) is 0 Å². The van der Waals surface area contributed by atoms with Crippen molar-refractivity contribution in [2.75, 3.05) is 38.5 Å². The highest BCUT2D eigenvalue weighted by Crippen LogP contribution is 2.35. The van der Waals surface area contributed by atoms with Gasteiger partial charge in [-0.05, 0) is 75.3 Å². The normalized spacial score (nSPS) is 40.9. The summed E-state index contributed by atoms with van der Waals surface area (Å²) in [6.07, 6.45) is 5.69. The van der Waals surface area contributed by atoms with Crippen LogP contribution in [0.4, 0.5) is 0 Å². The SMILES string of the molecule is CC(C)C[C@@H]1CCO[C@@H]2[C@H](CN[C@@H]2C(=O)N[C@@H]2CC=C[C@@H](CN3CCCC3)CS[C@H]3O[C@H]2[C@H](O)[C@H](O)[C@H]3O)C1.O=CO. The van der Waals surface area contributed by atoms with Crippen LogP contribution in [0.2, 0.25) is 0 Å². The van der Waals surface area contributed by atoms with E-state index in [4.69, 9.17) is 19.4 Å². The van der Waals surface area contributed by atoms with E-state index in [0.717, 1.165) is 44.8 Å². The largest absolute Gasteiger partial charge is 0.483 e. The number of carbonyl (C=O) groups is 2. The van der Waals surface area contributed by atoms with Gasteiger partial charge in [-0.2, -0.15) is 0 Å². The summed E-state index contributed by atoms with van der Waals surface area (Å²) in [6, 6.07) is -1.00. The molecule has 240 valence electrons. The van der Waals surface area contributed by atoms with E-state index in [1.54, 1.807) is 0 Å². The Morgan fingerprint density at radius 1 is 1.17 bits per heavy atom. The Morgan fingerprint density at radius 3 is 2.62 bits per heavy atom. The lowest BCUT2D eigenvalue weighted by Crippen LogP contribution is -2.64. The summed E-state index contributed by atoms with van der Waals surface area (Å²) in [4.78, 5) is 24.5. The average molecular weight is 614 g/mol. The van der Waals surface area contributed by atoms with E-state index in [2.05, 4.69) is 41.5 Å². The minimum absolute atomic E-state index is 0.158. The zero-order chi connectivity index (χ0) is 30.2. The van der Waals surface area contributed by atoms with E-state index in [0.29, 0.717) is 30.8 Å². The number of hydrogen-bond acceptors (Lipinski definition) is 10. The highest BCUT2D eigenvalue weighted by molar-refractivity contribution is 7.99. The molecule has 0 aliphatic carbocycles. The van der Waals surface area contributed by atoms with Crippen molar-refractivity contribution in [1.82, 2.24) is 15.5 Å². The molecule has 0 unspecified atom stereocenters. The smallest absolute Gasteiger partial charge is 0.290 e. The molecular formula is C30H51N3O8S. The molecule has 11 atom stereocenters. The Bertz CT molecular complexity index is 891. The summed E-state index contributed by atoms with van der Waals surface area (Å²) >= 11 is 1.48. The molecule has 5 heterocycles. The molecule has 2 bridgehead atoms. The molecule has 0 aromatic rings. The molecule has 0 spiro atoms. The maximum atomic E-state index is 13.7. The number of hydrogen-bond donors (Lipinski definition) is 6. The molecule has 4 fully saturated rings. The molecule has 0 aromatic heterocycles. The molecule has 0 radical (unpaired) electrons. The van der Waals surface area contributed by atoms with Gasteiger partial charge in [-0.15, -0.1) is 11.8 Å². The first-order chi connectivity index (χ1) is 20.2. The van der Waals surface area contributed by atoms with Gasteiger partial charge < -0.3 is 45.4 Å². The van der Waals surface area contributed by atoms with Gasteiger partial charge in [0.2, 0.25) is 5.91 Å². The summed E-state index contributed by atoms with van der Waals surface area (Å²) in [7, 11) is 0. The van der Waals surface area contributed by atoms with Crippen molar-refractivity contribution in [3.05, 3.63) is 12.2 Å². The lowest BCUT2D eigenvalue weighted by Gasteiger charge is -2.44. The van der Waals surface area contributed by atoms with Gasteiger partial charge in [-0.1, -0.05) is 26.0 Å². The van der Waals surface area contributed by atoms with Gasteiger partial charge in [0.05, 0.1) is 12.1 Å². The van der Waals surface area contributed by atoms with Crippen molar-refractivity contribution in [3.63, 3.8) is 0 Å². The van der Waals surface area contributed by atoms with E-state index in [1.807, 2.05) is 0 Å². The molecule has 4 saturated heterocycles. The molecule has 5 aliphatic heterocycles. The van der Waals surface area contributed by atoms with Crippen molar-refractivity contribution < 1.29 is 39.5 Å². The number of nitrogens with zero attached hydrogens (tertiary/aromatic N) is 1. The number of aliphatic hydroxyl groups is 3. The van der Waals surface area contributed by atoms with Crippen LogP contribution in [0.3, 0.4) is 0 Å². The number of fused-ring (bicyclic) bond motifs is 3. The third kappa shape index (κ3) is 8.68. The van der Waals surface area contributed by atoms with Gasteiger partial charge in [-0.3, -0.25) is 9.59 Å². The summed E-state index contributed by atoms with van der Waals surface area (Å²) < 4.78 is 12.5. The Hall–Kier alpha value is -1.25. The zero-order valence-corrected chi connectivity index (χ0v) is 25.7. The van der Waals surface area contributed by atoms with E-state index in [-0.39, 0.29) is 24.4 Å². The summed E-state index contributed by atoms with van der Waals surface area (Å²) in [5.41, 5.74) is -0.669. The van der Waals surface area contributed by atoms with Crippen LogP contribution in [0, 0.1) is 23.7 Å². The summed E-state index contributed by atoms with van der Waals surface area (Å²) in [5.74, 6) is 2.44. The number of aliphatic hydroxyl groups excluding tert-OH is 3. The van der Waals surface area contributed by atoms with E-state index in [9.17, 15) is 20.1 Å². The van der Waals surface area contributed by atoms with Crippen molar-refractivity contribution >= 4 is 24.1 Å². The van der Waals surface area contributed by atoms with Crippen LogP contribution in [-0.2, 0) is 19.1 Å². The van der Waals surface area contributed by atoms with Gasteiger partial charge in [-0.25, -0.2) is 0 Å². The van der Waals surface area contributed by atoms with Gasteiger partial charge in [0.15, 0.2) is 0 Å². The molecule has 1 amide bonds. The summed E-state index contributed by atoms with van der Waals surface area (Å²) in [6.45, 7) is 8.86. The van der Waals surface area contributed by atoms with Crippen LogP contribution in [0.15, 0.2) is 12.2 Å². The number of likely N-dealkylation sites (tertiary alicyclic amines) is 1. The lowest BCUT2D eigenvalue weighted by molar-refractivity contribution is -0.205. The molecule has 0 saturated carbocycles. The molecular weight excluding hydrogens is 562 g/mol. The second kappa shape index (κ2) is 16.2. The lowest BCUT2D eigenvalue weighted by atomic mass is 9.85. The molecule has 11 nitrogen and oxygen atoms in total. The maximum Gasteiger partial charge on any atom is 0.290 e. The second-order valence-corrected chi connectivity index (χ2v) is 14.1. The van der Waals surface area contributed by atoms with Gasteiger partial charge in [0.25, 0.3) is 6.47 Å². The van der Waals surface area contributed by atoms with Crippen LogP contribution in [0.5, 0.6) is 0 Å². The van der Waals surface area contributed by atoms with Crippen molar-refractivity contribution in [1.29, 1.82) is 0 Å². The maximum absolute atomic E-state index is 13.7. The highest BCUT2D eigenvalue weighted by atomic mass is 32.2. The number of thioether (sulfide) groups is 1. The van der Waals surface area contributed by atoms with Crippen LogP contribution < -0.4 is 10.6 Å². The molecule has 5 rings (SSSR count). The number of amides is 1. The van der Waals surface area contributed by atoms with E-state index >= 15 is 0 Å². The molecule has 12 heteroatoms. The molecule has 5 aliphatic rings. The predicted octanol–water partition coefficient (Wildman–Crippen LogP) is 0.814. The van der Waals surface area contributed by atoms with E-state index < -0.39 is 41.9 Å². The quantitative estimate of drug-likeness (QED) is 0.186. The first-order valence-electron chi connectivity index (χ1n) is 15.6. The molecule has 6 N–H and O–H groups in total. The first-order valence-corrected chi connectivity index (χ1v) is 16.7. The van der Waals surface area contributed by atoms with E-state index in [1.165, 1.54) is 31.0 Å². The minimum atomic E-state index is -1.34. The Kier molecular flexibility index (Phi) is 13.0. The summed E-state index contributed by atoms with van der Waals surface area (Å²) in [5, 5.41) is 45.7. The van der Waals surface area contributed by atoms with Gasteiger partial charge in [0.1, 0.15) is 35.9 Å².